The second-order valence-electron chi connectivity index (χ2n) is 7.56. The molecule has 0 heterocycles. The molecule has 0 aromatic heterocycles. The van der Waals surface area contributed by atoms with Crippen molar-refractivity contribution in [1.29, 1.82) is 0 Å². The molecule has 21 heavy (non-hydrogen) atoms. The highest BCUT2D eigenvalue weighted by Gasteiger charge is 2.54. The number of hydrogen-bond acceptors (Lipinski definition) is 3. The summed E-state index contributed by atoms with van der Waals surface area (Å²) in [5.74, 6) is -0.204. The zero-order valence-corrected chi connectivity index (χ0v) is 13.8. The molecule has 0 bridgehead atoms. The van der Waals surface area contributed by atoms with Gasteiger partial charge in [-0.2, -0.15) is 0 Å². The molecule has 0 saturated heterocycles. The molecular weight excluding hydrogens is 264 g/mol. The van der Waals surface area contributed by atoms with Crippen molar-refractivity contribution < 1.29 is 15.3 Å². The minimum absolute atomic E-state index is 0.00708. The Hall–Kier alpha value is -0.380. The van der Waals surface area contributed by atoms with Gasteiger partial charge in [-0.25, -0.2) is 0 Å². The first-order valence-corrected chi connectivity index (χ1v) is 8.61. The second-order valence-corrected chi connectivity index (χ2v) is 7.56. The molecule has 3 N–H and O–H groups in total. The van der Waals surface area contributed by atoms with Gasteiger partial charge in [-0.15, -0.1) is 0 Å². The van der Waals surface area contributed by atoms with Gasteiger partial charge in [0.05, 0.1) is 17.3 Å². The molecule has 0 amide bonds. The molecule has 3 heteroatoms. The van der Waals surface area contributed by atoms with E-state index >= 15 is 0 Å². The fourth-order valence-electron chi connectivity index (χ4n) is 4.70. The third kappa shape index (κ3) is 3.20. The monoisotopic (exact) mass is 296 g/mol. The Bertz CT molecular complexity index is 379. The average molecular weight is 296 g/mol. The minimum atomic E-state index is -0.995. The highest BCUT2D eigenvalue weighted by atomic mass is 16.3. The molecule has 0 aliphatic heterocycles. The van der Waals surface area contributed by atoms with Crippen LogP contribution in [0.3, 0.4) is 0 Å². The van der Waals surface area contributed by atoms with Crippen molar-refractivity contribution in [2.75, 3.05) is 0 Å². The van der Waals surface area contributed by atoms with Crippen LogP contribution in [0.4, 0.5) is 0 Å². The lowest BCUT2D eigenvalue weighted by Crippen LogP contribution is -2.54. The predicted octanol–water partition coefficient (Wildman–Crippen LogP) is 3.03. The molecule has 0 spiro atoms. The largest absolute Gasteiger partial charge is 0.392 e. The van der Waals surface area contributed by atoms with Gasteiger partial charge < -0.3 is 15.3 Å². The van der Waals surface area contributed by atoms with Crippen LogP contribution in [-0.2, 0) is 0 Å². The van der Waals surface area contributed by atoms with Crippen LogP contribution in [0.25, 0.3) is 0 Å². The maximum Gasteiger partial charge on any atom is 0.0884 e. The Morgan fingerprint density at radius 3 is 2.33 bits per heavy atom. The van der Waals surface area contributed by atoms with Crippen molar-refractivity contribution in [2.24, 2.45) is 17.8 Å². The molecule has 0 aromatic carbocycles. The molecule has 122 valence electrons. The van der Waals surface area contributed by atoms with Crippen molar-refractivity contribution in [2.45, 2.75) is 83.0 Å². The molecule has 5 atom stereocenters. The van der Waals surface area contributed by atoms with Crippen molar-refractivity contribution in [1.82, 2.24) is 0 Å². The minimum Gasteiger partial charge on any atom is -0.392 e. The van der Waals surface area contributed by atoms with Gasteiger partial charge >= 0.3 is 0 Å². The highest BCUT2D eigenvalue weighted by Crippen LogP contribution is 2.51. The number of hydrogen-bond donors (Lipinski definition) is 3. The maximum atomic E-state index is 11.2. The molecule has 2 rings (SSSR count). The van der Waals surface area contributed by atoms with Gasteiger partial charge in [0.2, 0.25) is 0 Å². The highest BCUT2D eigenvalue weighted by molar-refractivity contribution is 5.13. The lowest BCUT2D eigenvalue weighted by molar-refractivity contribution is -0.142. The Labute approximate surface area is 129 Å². The van der Waals surface area contributed by atoms with E-state index < -0.39 is 17.3 Å². The number of fused-ring (bicyclic) bond motifs is 1. The van der Waals surface area contributed by atoms with Crippen LogP contribution in [0.2, 0.25) is 0 Å². The fourth-order valence-corrected chi connectivity index (χ4v) is 4.70. The van der Waals surface area contributed by atoms with Crippen molar-refractivity contribution in [3.8, 4) is 0 Å². The Kier molecular flexibility index (Phi) is 5.17. The summed E-state index contributed by atoms with van der Waals surface area (Å²) >= 11 is 0. The van der Waals surface area contributed by atoms with Gasteiger partial charge in [0.25, 0.3) is 0 Å². The van der Waals surface area contributed by atoms with E-state index in [1.165, 1.54) is 0 Å². The topological polar surface area (TPSA) is 60.7 Å². The molecule has 0 unspecified atom stereocenters. The first-order chi connectivity index (χ1) is 9.84. The summed E-state index contributed by atoms with van der Waals surface area (Å²) in [6.45, 7) is 5.90. The van der Waals surface area contributed by atoms with Crippen LogP contribution in [0.15, 0.2) is 12.2 Å². The van der Waals surface area contributed by atoms with E-state index in [4.69, 9.17) is 0 Å². The molecule has 2 fully saturated rings. The third-order valence-electron chi connectivity index (χ3n) is 5.77. The fraction of sp³-hybridized carbons (Fsp3) is 0.889. The molecule has 3 nitrogen and oxygen atoms in total. The summed E-state index contributed by atoms with van der Waals surface area (Å²) in [6.07, 6.45) is 9.20. The standard InChI is InChI=1S/C18H32O3/c1-4-9-18(21)12-7-11-17(20)10-6-5-8-14(17)15(18)16(19)13(2)3/h4,9,13-16,19-21H,5-8,10-12H2,1-3H3/b9-4+/t14-,15+,16-,17+,18-/m0/s1. The molecule has 2 aliphatic carbocycles. The van der Waals surface area contributed by atoms with E-state index in [0.717, 1.165) is 38.5 Å². The summed E-state index contributed by atoms with van der Waals surface area (Å²) in [5, 5.41) is 33.1. The van der Waals surface area contributed by atoms with Crippen LogP contribution in [0.1, 0.15) is 65.7 Å². The predicted molar refractivity (Wildman–Crippen MR) is 84.9 cm³/mol. The number of rotatable bonds is 3. The Morgan fingerprint density at radius 2 is 1.71 bits per heavy atom. The lowest BCUT2D eigenvalue weighted by Gasteiger charge is -2.48. The third-order valence-corrected chi connectivity index (χ3v) is 5.77. The summed E-state index contributed by atoms with van der Waals surface area (Å²) in [5.41, 5.74) is -1.70. The molecule has 0 radical (unpaired) electrons. The van der Waals surface area contributed by atoms with Crippen molar-refractivity contribution >= 4 is 0 Å². The summed E-state index contributed by atoms with van der Waals surface area (Å²) < 4.78 is 0. The molecule has 2 saturated carbocycles. The molecular formula is C18H32O3. The zero-order valence-electron chi connectivity index (χ0n) is 13.8. The molecule has 2 aliphatic rings. The second kappa shape index (κ2) is 6.39. The van der Waals surface area contributed by atoms with Crippen LogP contribution < -0.4 is 0 Å². The van der Waals surface area contributed by atoms with Crippen LogP contribution in [0.5, 0.6) is 0 Å². The van der Waals surface area contributed by atoms with E-state index in [1.54, 1.807) is 0 Å². The van der Waals surface area contributed by atoms with Crippen LogP contribution >= 0.6 is 0 Å². The summed E-state index contributed by atoms with van der Waals surface area (Å²) in [6, 6.07) is 0. The average Bonchev–Trinajstić information content (AvgIpc) is 2.51. The van der Waals surface area contributed by atoms with Crippen LogP contribution in [0, 0.1) is 17.8 Å². The van der Waals surface area contributed by atoms with E-state index in [1.807, 2.05) is 32.9 Å². The van der Waals surface area contributed by atoms with Crippen LogP contribution in [-0.4, -0.2) is 32.6 Å². The number of aliphatic hydroxyl groups is 3. The summed E-state index contributed by atoms with van der Waals surface area (Å²) in [7, 11) is 0. The maximum absolute atomic E-state index is 11.2. The first kappa shape index (κ1) is 17.0. The van der Waals surface area contributed by atoms with Gasteiger partial charge in [-0.05, 0) is 50.9 Å². The number of aliphatic hydroxyl groups excluding tert-OH is 1. The lowest BCUT2D eigenvalue weighted by atomic mass is 9.62. The van der Waals surface area contributed by atoms with Crippen molar-refractivity contribution in [3.63, 3.8) is 0 Å². The Balaban J connectivity index is 2.44. The van der Waals surface area contributed by atoms with Gasteiger partial charge in [-0.3, -0.25) is 0 Å². The van der Waals surface area contributed by atoms with Gasteiger partial charge in [0.15, 0.2) is 0 Å². The zero-order chi connectivity index (χ0) is 15.7. The quantitative estimate of drug-likeness (QED) is 0.702. The van der Waals surface area contributed by atoms with Gasteiger partial charge in [0.1, 0.15) is 0 Å². The van der Waals surface area contributed by atoms with E-state index in [0.29, 0.717) is 6.42 Å². The smallest absolute Gasteiger partial charge is 0.0884 e. The SMILES string of the molecule is C/C=C/[C@]1(O)CCC[C@]2(O)CCCC[C@H]2[C@@H]1[C@@H](O)C(C)C. The van der Waals surface area contributed by atoms with E-state index in [-0.39, 0.29) is 17.8 Å². The Morgan fingerprint density at radius 1 is 1.05 bits per heavy atom. The molecule has 0 aromatic rings. The summed E-state index contributed by atoms with van der Waals surface area (Å²) in [4.78, 5) is 0. The van der Waals surface area contributed by atoms with E-state index in [9.17, 15) is 15.3 Å². The normalized spacial score (nSPS) is 42.8. The van der Waals surface area contributed by atoms with Gasteiger partial charge in [0, 0.05) is 5.92 Å². The first-order valence-electron chi connectivity index (χ1n) is 8.61. The van der Waals surface area contributed by atoms with Crippen molar-refractivity contribution in [3.05, 3.63) is 12.2 Å². The van der Waals surface area contributed by atoms with Gasteiger partial charge in [-0.1, -0.05) is 38.8 Å². The number of allylic oxidation sites excluding steroid dienone is 1. The van der Waals surface area contributed by atoms with E-state index in [2.05, 4.69) is 0 Å².